The summed E-state index contributed by atoms with van der Waals surface area (Å²) in [6, 6.07) is 7.89. The topological polar surface area (TPSA) is 52.7 Å². The highest BCUT2D eigenvalue weighted by Crippen LogP contribution is 2.31. The molecule has 2 amide bonds. The van der Waals surface area contributed by atoms with Crippen molar-refractivity contribution in [2.75, 3.05) is 26.2 Å². The molecule has 0 spiro atoms. The van der Waals surface area contributed by atoms with Crippen molar-refractivity contribution in [2.24, 2.45) is 5.92 Å². The van der Waals surface area contributed by atoms with Gasteiger partial charge in [0.25, 0.3) is 5.91 Å². The van der Waals surface area contributed by atoms with Crippen molar-refractivity contribution in [3.8, 4) is 0 Å². The predicted octanol–water partition coefficient (Wildman–Crippen LogP) is 2.84. The average molecular weight is 372 g/mol. The standard InChI is InChI=1S/C22H33N3O2/c1-16(2)23-21(26)20(18-8-4-5-9-18)24-11-13-25(14-12-24)22(27)19-10-6-7-17(3)15-19/h6-7,10,15-16,18,20H,4-5,8-9,11-14H2,1-3H3,(H,23,26)/t20-/m1/s1. The zero-order valence-electron chi connectivity index (χ0n) is 16.9. The lowest BCUT2D eigenvalue weighted by Crippen LogP contribution is -2.58. The number of aryl methyl sites for hydroxylation is 1. The van der Waals surface area contributed by atoms with Crippen LogP contribution in [0.15, 0.2) is 24.3 Å². The summed E-state index contributed by atoms with van der Waals surface area (Å²) in [6.45, 7) is 8.95. The maximum Gasteiger partial charge on any atom is 0.253 e. The molecule has 148 valence electrons. The van der Waals surface area contributed by atoms with E-state index < -0.39 is 0 Å². The van der Waals surface area contributed by atoms with Gasteiger partial charge >= 0.3 is 0 Å². The van der Waals surface area contributed by atoms with Crippen molar-refractivity contribution in [1.29, 1.82) is 0 Å². The SMILES string of the molecule is Cc1cccc(C(=O)N2CCN([C@@H](C(=O)NC(C)C)C3CCCC3)CC2)c1. The van der Waals surface area contributed by atoms with E-state index in [1.165, 1.54) is 12.8 Å². The van der Waals surface area contributed by atoms with Crippen LogP contribution in [0.4, 0.5) is 0 Å². The summed E-state index contributed by atoms with van der Waals surface area (Å²) in [4.78, 5) is 29.9. The second kappa shape index (κ2) is 8.87. The van der Waals surface area contributed by atoms with Crippen LogP contribution in [0.25, 0.3) is 0 Å². The minimum absolute atomic E-state index is 0.0499. The summed E-state index contributed by atoms with van der Waals surface area (Å²) in [5.41, 5.74) is 1.86. The summed E-state index contributed by atoms with van der Waals surface area (Å²) in [7, 11) is 0. The number of hydrogen-bond acceptors (Lipinski definition) is 3. The number of benzene rings is 1. The van der Waals surface area contributed by atoms with Crippen molar-refractivity contribution < 1.29 is 9.59 Å². The summed E-state index contributed by atoms with van der Waals surface area (Å²) in [5, 5.41) is 3.12. The highest BCUT2D eigenvalue weighted by atomic mass is 16.2. The highest BCUT2D eigenvalue weighted by Gasteiger charge is 2.37. The number of nitrogens with one attached hydrogen (secondary N) is 1. The largest absolute Gasteiger partial charge is 0.353 e. The minimum Gasteiger partial charge on any atom is -0.353 e. The molecule has 3 rings (SSSR count). The van der Waals surface area contributed by atoms with Gasteiger partial charge < -0.3 is 10.2 Å². The first kappa shape index (κ1) is 19.9. The van der Waals surface area contributed by atoms with Crippen molar-refractivity contribution in [3.63, 3.8) is 0 Å². The van der Waals surface area contributed by atoms with Gasteiger partial charge in [0.15, 0.2) is 0 Å². The normalized spacial score (nSPS) is 20.1. The first-order valence-corrected chi connectivity index (χ1v) is 10.4. The van der Waals surface area contributed by atoms with Crippen LogP contribution in [0.5, 0.6) is 0 Å². The third-order valence-electron chi connectivity index (χ3n) is 5.81. The lowest BCUT2D eigenvalue weighted by atomic mass is 9.94. The Balaban J connectivity index is 1.64. The van der Waals surface area contributed by atoms with Crippen LogP contribution in [-0.4, -0.2) is 59.9 Å². The third kappa shape index (κ3) is 4.89. The fourth-order valence-corrected chi connectivity index (χ4v) is 4.48. The van der Waals surface area contributed by atoms with Gasteiger partial charge in [-0.2, -0.15) is 0 Å². The molecule has 2 aliphatic rings. The number of carbonyl (C=O) groups is 2. The van der Waals surface area contributed by atoms with Gasteiger partial charge in [0, 0.05) is 37.8 Å². The lowest BCUT2D eigenvalue weighted by Gasteiger charge is -2.41. The van der Waals surface area contributed by atoms with Gasteiger partial charge in [-0.25, -0.2) is 0 Å². The van der Waals surface area contributed by atoms with E-state index in [1.54, 1.807) is 0 Å². The molecule has 1 aromatic rings. The van der Waals surface area contributed by atoms with E-state index >= 15 is 0 Å². The summed E-state index contributed by atoms with van der Waals surface area (Å²) < 4.78 is 0. The molecule has 0 radical (unpaired) electrons. The first-order chi connectivity index (χ1) is 13.0. The van der Waals surface area contributed by atoms with Crippen LogP contribution in [-0.2, 0) is 4.79 Å². The van der Waals surface area contributed by atoms with Crippen LogP contribution < -0.4 is 5.32 Å². The molecule has 1 aromatic carbocycles. The maximum absolute atomic E-state index is 12.9. The number of carbonyl (C=O) groups excluding carboxylic acids is 2. The first-order valence-electron chi connectivity index (χ1n) is 10.4. The molecule has 1 atom stereocenters. The quantitative estimate of drug-likeness (QED) is 0.866. The van der Waals surface area contributed by atoms with E-state index in [0.717, 1.165) is 37.1 Å². The second-order valence-electron chi connectivity index (χ2n) is 8.35. The molecule has 5 nitrogen and oxygen atoms in total. The number of nitrogens with zero attached hydrogens (tertiary/aromatic N) is 2. The Hall–Kier alpha value is -1.88. The van der Waals surface area contributed by atoms with Crippen molar-refractivity contribution in [2.45, 2.75) is 58.5 Å². The highest BCUT2D eigenvalue weighted by molar-refractivity contribution is 5.94. The van der Waals surface area contributed by atoms with Crippen LogP contribution in [0, 0.1) is 12.8 Å². The molecule has 1 heterocycles. The fraction of sp³-hybridized carbons (Fsp3) is 0.636. The molecule has 1 saturated carbocycles. The molecular weight excluding hydrogens is 338 g/mol. The molecule has 1 aliphatic heterocycles. The maximum atomic E-state index is 12.9. The molecule has 0 unspecified atom stereocenters. The minimum atomic E-state index is -0.0499. The fourth-order valence-electron chi connectivity index (χ4n) is 4.48. The van der Waals surface area contributed by atoms with Crippen molar-refractivity contribution in [3.05, 3.63) is 35.4 Å². The summed E-state index contributed by atoms with van der Waals surface area (Å²) >= 11 is 0. The van der Waals surface area contributed by atoms with Crippen LogP contribution in [0.2, 0.25) is 0 Å². The zero-order valence-corrected chi connectivity index (χ0v) is 16.9. The number of amides is 2. The van der Waals surface area contributed by atoms with Gasteiger partial charge in [-0.3, -0.25) is 14.5 Å². The van der Waals surface area contributed by atoms with E-state index in [2.05, 4.69) is 10.2 Å². The Morgan fingerprint density at radius 3 is 2.33 bits per heavy atom. The van der Waals surface area contributed by atoms with E-state index in [1.807, 2.05) is 49.9 Å². The van der Waals surface area contributed by atoms with Gasteiger partial charge in [-0.15, -0.1) is 0 Å². The second-order valence-corrected chi connectivity index (χ2v) is 8.35. The average Bonchev–Trinajstić information content (AvgIpc) is 3.15. The van der Waals surface area contributed by atoms with Gasteiger partial charge in [0.05, 0.1) is 6.04 Å². The Bertz CT molecular complexity index is 659. The van der Waals surface area contributed by atoms with E-state index in [-0.39, 0.29) is 23.9 Å². The molecular formula is C22H33N3O2. The molecule has 0 aromatic heterocycles. The van der Waals surface area contributed by atoms with Gasteiger partial charge in [0.1, 0.15) is 0 Å². The number of piperazine rings is 1. The predicted molar refractivity (Wildman–Crippen MR) is 108 cm³/mol. The van der Waals surface area contributed by atoms with Crippen LogP contribution >= 0.6 is 0 Å². The van der Waals surface area contributed by atoms with Gasteiger partial charge in [-0.1, -0.05) is 30.5 Å². The van der Waals surface area contributed by atoms with Gasteiger partial charge in [0.2, 0.25) is 5.91 Å². The number of rotatable bonds is 5. The van der Waals surface area contributed by atoms with E-state index in [9.17, 15) is 9.59 Å². The Labute approximate surface area is 163 Å². The van der Waals surface area contributed by atoms with Crippen LogP contribution in [0.1, 0.15) is 55.5 Å². The monoisotopic (exact) mass is 371 g/mol. The Morgan fingerprint density at radius 1 is 1.07 bits per heavy atom. The molecule has 27 heavy (non-hydrogen) atoms. The molecule has 5 heteroatoms. The zero-order chi connectivity index (χ0) is 19.4. The molecule has 1 aliphatic carbocycles. The Kier molecular flexibility index (Phi) is 6.53. The molecule has 0 bridgehead atoms. The summed E-state index contributed by atoms with van der Waals surface area (Å²) in [5.74, 6) is 0.709. The molecule has 1 saturated heterocycles. The van der Waals surface area contributed by atoms with Crippen LogP contribution in [0.3, 0.4) is 0 Å². The van der Waals surface area contributed by atoms with Crippen molar-refractivity contribution >= 4 is 11.8 Å². The Morgan fingerprint density at radius 2 is 1.74 bits per heavy atom. The van der Waals surface area contributed by atoms with E-state index in [0.29, 0.717) is 19.0 Å². The molecule has 1 N–H and O–H groups in total. The van der Waals surface area contributed by atoms with Crippen molar-refractivity contribution in [1.82, 2.24) is 15.1 Å². The molecule has 2 fully saturated rings. The number of hydrogen-bond donors (Lipinski definition) is 1. The third-order valence-corrected chi connectivity index (χ3v) is 5.81. The van der Waals surface area contributed by atoms with E-state index in [4.69, 9.17) is 0 Å². The lowest BCUT2D eigenvalue weighted by molar-refractivity contribution is -0.129. The smallest absolute Gasteiger partial charge is 0.253 e. The van der Waals surface area contributed by atoms with Gasteiger partial charge in [-0.05, 0) is 51.7 Å². The summed E-state index contributed by atoms with van der Waals surface area (Å²) in [6.07, 6.45) is 4.72.